The minimum Gasteiger partial charge on any atom is -0.504 e. The number of ether oxygens (including phenoxy) is 1. The first-order chi connectivity index (χ1) is 15.6. The van der Waals surface area contributed by atoms with Crippen LogP contribution in [0.25, 0.3) is 0 Å². The van der Waals surface area contributed by atoms with E-state index in [4.69, 9.17) is 9.57 Å². The number of phenolic OH excluding ortho intramolecular Hbond substituents is 1. The fourth-order valence-electron chi connectivity index (χ4n) is 4.41. The van der Waals surface area contributed by atoms with E-state index in [2.05, 4.69) is 0 Å². The van der Waals surface area contributed by atoms with Gasteiger partial charge in [0.2, 0.25) is 5.91 Å². The van der Waals surface area contributed by atoms with Gasteiger partial charge in [-0.05, 0) is 35.4 Å². The molecule has 2 fully saturated rings. The van der Waals surface area contributed by atoms with Gasteiger partial charge in [-0.15, -0.1) is 0 Å². The third kappa shape index (κ3) is 3.27. The SMILES string of the molecule is COc1cc([C@H]2[C@H]3C(=O)N(Cc4ccccc4)C(=O)[C@H]3ON2c2ccccc2)ccc1O. The van der Waals surface area contributed by atoms with E-state index >= 15 is 0 Å². The molecule has 2 heterocycles. The van der Waals surface area contributed by atoms with E-state index in [1.807, 2.05) is 60.7 Å². The molecule has 0 unspecified atom stereocenters. The molecule has 0 saturated carbocycles. The summed E-state index contributed by atoms with van der Waals surface area (Å²) in [4.78, 5) is 34.1. The highest BCUT2D eigenvalue weighted by atomic mass is 16.7. The Morgan fingerprint density at radius 1 is 0.938 bits per heavy atom. The quantitative estimate of drug-likeness (QED) is 0.625. The Morgan fingerprint density at radius 2 is 1.62 bits per heavy atom. The number of nitrogens with zero attached hydrogens (tertiary/aromatic N) is 2. The van der Waals surface area contributed by atoms with Crippen molar-refractivity contribution in [3.8, 4) is 11.5 Å². The Balaban J connectivity index is 1.55. The van der Waals surface area contributed by atoms with Gasteiger partial charge in [0, 0.05) is 0 Å². The number of benzene rings is 3. The highest BCUT2D eigenvalue weighted by Gasteiger charge is 2.59. The molecule has 7 nitrogen and oxygen atoms in total. The number of para-hydroxylation sites is 1. The first-order valence-electron chi connectivity index (χ1n) is 10.4. The molecule has 0 aromatic heterocycles. The highest BCUT2D eigenvalue weighted by Crippen LogP contribution is 2.48. The summed E-state index contributed by atoms with van der Waals surface area (Å²) in [5.41, 5.74) is 2.31. The number of carbonyl (C=O) groups is 2. The number of likely N-dealkylation sites (tertiary alicyclic amines) is 1. The molecule has 1 N–H and O–H groups in total. The molecule has 32 heavy (non-hydrogen) atoms. The molecule has 0 radical (unpaired) electrons. The Kier molecular flexibility index (Phi) is 5.03. The summed E-state index contributed by atoms with van der Waals surface area (Å²) in [6.45, 7) is 0.200. The number of fused-ring (bicyclic) bond motifs is 1. The van der Waals surface area contributed by atoms with E-state index in [0.29, 0.717) is 5.56 Å². The number of rotatable bonds is 5. The van der Waals surface area contributed by atoms with Crippen LogP contribution in [0.3, 0.4) is 0 Å². The number of hydrogen-bond donors (Lipinski definition) is 1. The van der Waals surface area contributed by atoms with Gasteiger partial charge < -0.3 is 9.84 Å². The maximum Gasteiger partial charge on any atom is 0.262 e. The molecular formula is C25H22N2O5. The van der Waals surface area contributed by atoms with Gasteiger partial charge in [0.25, 0.3) is 5.91 Å². The van der Waals surface area contributed by atoms with E-state index in [1.165, 1.54) is 18.1 Å². The maximum absolute atomic E-state index is 13.5. The molecule has 162 valence electrons. The van der Waals surface area contributed by atoms with Gasteiger partial charge in [-0.1, -0.05) is 54.6 Å². The largest absolute Gasteiger partial charge is 0.504 e. The van der Waals surface area contributed by atoms with Crippen LogP contribution in [-0.4, -0.2) is 35.0 Å². The van der Waals surface area contributed by atoms with Crippen LogP contribution >= 0.6 is 0 Å². The van der Waals surface area contributed by atoms with Crippen LogP contribution in [-0.2, 0) is 21.0 Å². The molecule has 5 rings (SSSR count). The van der Waals surface area contributed by atoms with Gasteiger partial charge in [-0.3, -0.25) is 19.3 Å². The summed E-state index contributed by atoms with van der Waals surface area (Å²) in [5, 5.41) is 11.7. The summed E-state index contributed by atoms with van der Waals surface area (Å²) >= 11 is 0. The Hall–Kier alpha value is -3.84. The topological polar surface area (TPSA) is 79.3 Å². The lowest BCUT2D eigenvalue weighted by molar-refractivity contribution is -0.143. The molecule has 7 heteroatoms. The molecule has 2 amide bonds. The van der Waals surface area contributed by atoms with E-state index in [9.17, 15) is 14.7 Å². The number of hydrogen-bond acceptors (Lipinski definition) is 6. The summed E-state index contributed by atoms with van der Waals surface area (Å²) < 4.78 is 5.27. The summed E-state index contributed by atoms with van der Waals surface area (Å²) in [7, 11) is 1.47. The van der Waals surface area contributed by atoms with Gasteiger partial charge in [-0.2, -0.15) is 0 Å². The third-order valence-electron chi connectivity index (χ3n) is 5.95. The van der Waals surface area contributed by atoms with Crippen LogP contribution in [0.2, 0.25) is 0 Å². The van der Waals surface area contributed by atoms with Crippen LogP contribution in [0.15, 0.2) is 78.9 Å². The second-order valence-electron chi connectivity index (χ2n) is 7.84. The second-order valence-corrected chi connectivity index (χ2v) is 7.84. The lowest BCUT2D eigenvalue weighted by Crippen LogP contribution is -2.36. The fourth-order valence-corrected chi connectivity index (χ4v) is 4.41. The van der Waals surface area contributed by atoms with Crippen molar-refractivity contribution in [3.05, 3.63) is 90.0 Å². The number of hydroxylamine groups is 1. The number of anilines is 1. The van der Waals surface area contributed by atoms with E-state index in [0.717, 1.165) is 11.3 Å². The van der Waals surface area contributed by atoms with Crippen molar-refractivity contribution in [2.24, 2.45) is 5.92 Å². The average Bonchev–Trinajstić information content (AvgIpc) is 3.33. The van der Waals surface area contributed by atoms with Crippen molar-refractivity contribution in [2.45, 2.75) is 18.7 Å². The average molecular weight is 430 g/mol. The van der Waals surface area contributed by atoms with Crippen molar-refractivity contribution in [3.63, 3.8) is 0 Å². The molecule has 3 atom stereocenters. The molecule has 3 aromatic carbocycles. The van der Waals surface area contributed by atoms with E-state index in [-0.39, 0.29) is 29.9 Å². The van der Waals surface area contributed by atoms with Crippen LogP contribution in [0.4, 0.5) is 5.69 Å². The highest BCUT2D eigenvalue weighted by molar-refractivity contribution is 6.07. The Morgan fingerprint density at radius 3 is 2.31 bits per heavy atom. The number of carbonyl (C=O) groups excluding carboxylic acids is 2. The van der Waals surface area contributed by atoms with Crippen molar-refractivity contribution < 1.29 is 24.3 Å². The molecule has 2 aliphatic rings. The monoisotopic (exact) mass is 430 g/mol. The molecule has 2 aliphatic heterocycles. The molecule has 0 bridgehead atoms. The zero-order valence-electron chi connectivity index (χ0n) is 17.4. The number of phenols is 1. The number of amides is 2. The van der Waals surface area contributed by atoms with E-state index < -0.39 is 18.1 Å². The van der Waals surface area contributed by atoms with Crippen molar-refractivity contribution in [1.29, 1.82) is 0 Å². The van der Waals surface area contributed by atoms with Crippen molar-refractivity contribution in [1.82, 2.24) is 4.90 Å². The van der Waals surface area contributed by atoms with Gasteiger partial charge in [-0.25, -0.2) is 5.06 Å². The lowest BCUT2D eigenvalue weighted by Gasteiger charge is -2.29. The van der Waals surface area contributed by atoms with Gasteiger partial charge in [0.05, 0.1) is 25.4 Å². The number of imide groups is 1. The normalized spacial score (nSPS) is 22.3. The minimum absolute atomic E-state index is 0.00231. The van der Waals surface area contributed by atoms with Crippen LogP contribution < -0.4 is 9.80 Å². The first-order valence-corrected chi connectivity index (χ1v) is 10.4. The summed E-state index contributed by atoms with van der Waals surface area (Å²) in [6, 6.07) is 23.1. The van der Waals surface area contributed by atoms with Crippen LogP contribution in [0.5, 0.6) is 11.5 Å². The Labute approximate surface area is 185 Å². The zero-order chi connectivity index (χ0) is 22.2. The van der Waals surface area contributed by atoms with E-state index in [1.54, 1.807) is 17.2 Å². The summed E-state index contributed by atoms with van der Waals surface area (Å²) in [6.07, 6.45) is -0.920. The maximum atomic E-state index is 13.5. The fraction of sp³-hybridized carbons (Fsp3) is 0.200. The van der Waals surface area contributed by atoms with Crippen molar-refractivity contribution in [2.75, 3.05) is 12.2 Å². The van der Waals surface area contributed by atoms with Crippen molar-refractivity contribution >= 4 is 17.5 Å². The second kappa shape index (κ2) is 8.01. The zero-order valence-corrected chi connectivity index (χ0v) is 17.4. The van der Waals surface area contributed by atoms with Crippen LogP contribution in [0, 0.1) is 5.92 Å². The minimum atomic E-state index is -0.920. The van der Waals surface area contributed by atoms with Crippen LogP contribution in [0.1, 0.15) is 17.2 Å². The number of methoxy groups -OCH3 is 1. The molecule has 3 aromatic rings. The van der Waals surface area contributed by atoms with Gasteiger partial charge in [0.15, 0.2) is 17.6 Å². The smallest absolute Gasteiger partial charge is 0.262 e. The lowest BCUT2D eigenvalue weighted by atomic mass is 9.90. The third-order valence-corrected chi connectivity index (χ3v) is 5.95. The molecule has 0 spiro atoms. The predicted molar refractivity (Wildman–Crippen MR) is 117 cm³/mol. The molecule has 2 saturated heterocycles. The van der Waals surface area contributed by atoms with Gasteiger partial charge in [0.1, 0.15) is 5.92 Å². The van der Waals surface area contributed by atoms with Gasteiger partial charge >= 0.3 is 0 Å². The first kappa shape index (κ1) is 20.1. The summed E-state index contributed by atoms with van der Waals surface area (Å²) in [5.74, 6) is -1.06. The predicted octanol–water partition coefficient (Wildman–Crippen LogP) is 3.45. The standard InChI is InChI=1S/C25H22N2O5/c1-31-20-14-17(12-13-19(20)28)22-21-23(32-27(22)18-10-6-3-7-11-18)25(30)26(24(21)29)15-16-8-4-2-5-9-16/h2-14,21-23,28H,15H2,1H3/t21-,22+,23+/m1/s1. The number of aromatic hydroxyl groups is 1. The molecule has 0 aliphatic carbocycles. The Bertz CT molecular complexity index is 1150. The molecular weight excluding hydrogens is 408 g/mol.